The van der Waals surface area contributed by atoms with Crippen LogP contribution >= 0.6 is 11.6 Å². The van der Waals surface area contributed by atoms with E-state index < -0.39 is 0 Å². The summed E-state index contributed by atoms with van der Waals surface area (Å²) in [6.07, 6.45) is 0. The fourth-order valence-corrected chi connectivity index (χ4v) is 1.84. The second-order valence-electron chi connectivity index (χ2n) is 4.22. The first-order chi connectivity index (χ1) is 10.2. The number of ether oxygens (including phenoxy) is 2. The van der Waals surface area contributed by atoms with Gasteiger partial charge in [0, 0.05) is 6.07 Å². The highest BCUT2D eigenvalue weighted by Gasteiger charge is 2.05. The molecule has 21 heavy (non-hydrogen) atoms. The molecule has 0 radical (unpaired) electrons. The van der Waals surface area contributed by atoms with Crippen LogP contribution < -0.4 is 9.47 Å². The Morgan fingerprint density at radius 2 is 2.05 bits per heavy atom. The fourth-order valence-electron chi connectivity index (χ4n) is 1.77. The van der Waals surface area contributed by atoms with Crippen LogP contribution in [0.3, 0.4) is 0 Å². The molecule has 0 aliphatic heterocycles. The molecule has 0 saturated carbocycles. The van der Waals surface area contributed by atoms with Crippen LogP contribution in [0.4, 0.5) is 4.39 Å². The Labute approximate surface area is 128 Å². The monoisotopic (exact) mass is 304 g/mol. The smallest absolute Gasteiger partial charge is 0.138 e. The van der Waals surface area contributed by atoms with Gasteiger partial charge in [0.2, 0.25) is 0 Å². The van der Waals surface area contributed by atoms with Crippen molar-refractivity contribution in [1.29, 1.82) is 0 Å². The lowest BCUT2D eigenvalue weighted by molar-refractivity contribution is 0.303. The maximum Gasteiger partial charge on any atom is 0.138 e. The zero-order valence-electron chi connectivity index (χ0n) is 11.5. The van der Waals surface area contributed by atoms with Crippen molar-refractivity contribution in [1.82, 2.24) is 0 Å². The Morgan fingerprint density at radius 3 is 2.81 bits per heavy atom. The molecule has 2 aromatic rings. The lowest BCUT2D eigenvalue weighted by atomic mass is 10.2. The Hall–Kier alpha value is -2.18. The number of methoxy groups -OCH3 is 1. The molecule has 0 fully saturated rings. The van der Waals surface area contributed by atoms with Gasteiger partial charge in [0.1, 0.15) is 23.9 Å². The maximum atomic E-state index is 13.3. The van der Waals surface area contributed by atoms with Crippen LogP contribution in [0.5, 0.6) is 11.5 Å². The summed E-state index contributed by atoms with van der Waals surface area (Å²) in [5, 5.41) is 0. The summed E-state index contributed by atoms with van der Waals surface area (Å²) in [5.74, 6) is 6.58. The van der Waals surface area contributed by atoms with Crippen LogP contribution in [-0.2, 0) is 6.61 Å². The van der Waals surface area contributed by atoms with Gasteiger partial charge in [-0.05, 0) is 29.8 Å². The number of hydrogen-bond donors (Lipinski definition) is 0. The molecule has 0 saturated heterocycles. The molecular weight excluding hydrogens is 291 g/mol. The molecule has 2 rings (SSSR count). The Bertz CT molecular complexity index is 674. The molecule has 4 heteroatoms. The van der Waals surface area contributed by atoms with Crippen molar-refractivity contribution < 1.29 is 13.9 Å². The molecule has 0 bridgehead atoms. The van der Waals surface area contributed by atoms with Crippen LogP contribution in [0.15, 0.2) is 42.5 Å². The van der Waals surface area contributed by atoms with E-state index in [-0.39, 0.29) is 11.7 Å². The van der Waals surface area contributed by atoms with Gasteiger partial charge in [0.15, 0.2) is 0 Å². The third kappa shape index (κ3) is 4.40. The lowest BCUT2D eigenvalue weighted by Crippen LogP contribution is -1.98. The van der Waals surface area contributed by atoms with Crippen molar-refractivity contribution in [3.8, 4) is 23.3 Å². The maximum absolute atomic E-state index is 13.3. The highest BCUT2D eigenvalue weighted by Crippen LogP contribution is 2.21. The van der Waals surface area contributed by atoms with Crippen molar-refractivity contribution in [2.24, 2.45) is 0 Å². The molecule has 2 nitrogen and oxygen atoms in total. The minimum atomic E-state index is -0.368. The first-order valence-electron chi connectivity index (χ1n) is 6.33. The normalized spacial score (nSPS) is 9.67. The Balaban J connectivity index is 2.16. The van der Waals surface area contributed by atoms with Gasteiger partial charge in [-0.25, -0.2) is 4.39 Å². The van der Waals surface area contributed by atoms with Gasteiger partial charge in [-0.15, -0.1) is 11.6 Å². The number of halogens is 2. The summed E-state index contributed by atoms with van der Waals surface area (Å²) in [6.45, 7) is 0.302. The van der Waals surface area contributed by atoms with Crippen LogP contribution in [0.25, 0.3) is 0 Å². The molecule has 0 N–H and O–H groups in total. The highest BCUT2D eigenvalue weighted by molar-refractivity contribution is 6.19. The standard InChI is InChI=1S/C17H14ClFO2/c1-20-16-6-2-4-13(10-16)12-21-17-11-15(19)8-7-14(17)5-3-9-18/h2,4,6-8,10-11H,9,12H2,1H3. The first-order valence-corrected chi connectivity index (χ1v) is 6.86. The van der Waals surface area contributed by atoms with E-state index in [0.29, 0.717) is 17.9 Å². The molecule has 0 aromatic heterocycles. The summed E-state index contributed by atoms with van der Waals surface area (Å²) in [5.41, 5.74) is 1.54. The summed E-state index contributed by atoms with van der Waals surface area (Å²) in [7, 11) is 1.60. The van der Waals surface area contributed by atoms with Gasteiger partial charge in [-0.1, -0.05) is 24.0 Å². The number of benzene rings is 2. The predicted molar refractivity (Wildman–Crippen MR) is 81.3 cm³/mol. The van der Waals surface area contributed by atoms with E-state index in [4.69, 9.17) is 21.1 Å². The summed E-state index contributed by atoms with van der Waals surface area (Å²) in [6, 6.07) is 11.7. The zero-order valence-corrected chi connectivity index (χ0v) is 12.3. The topological polar surface area (TPSA) is 18.5 Å². The van der Waals surface area contributed by atoms with Gasteiger partial charge < -0.3 is 9.47 Å². The summed E-state index contributed by atoms with van der Waals surface area (Å²) in [4.78, 5) is 0. The minimum Gasteiger partial charge on any atom is -0.497 e. The van der Waals surface area contributed by atoms with Crippen molar-refractivity contribution in [2.45, 2.75) is 6.61 Å². The SMILES string of the molecule is COc1cccc(COc2cc(F)ccc2C#CCCl)c1. The molecule has 0 atom stereocenters. The zero-order chi connectivity index (χ0) is 15.1. The van der Waals surface area contributed by atoms with Crippen LogP contribution in [-0.4, -0.2) is 13.0 Å². The number of hydrogen-bond acceptors (Lipinski definition) is 2. The quantitative estimate of drug-likeness (QED) is 0.628. The predicted octanol–water partition coefficient (Wildman–Crippen LogP) is 4.00. The average Bonchev–Trinajstić information content (AvgIpc) is 2.52. The second-order valence-corrected chi connectivity index (χ2v) is 4.48. The lowest BCUT2D eigenvalue weighted by Gasteiger charge is -2.09. The van der Waals surface area contributed by atoms with E-state index >= 15 is 0 Å². The number of alkyl halides is 1. The molecule has 0 spiro atoms. The third-order valence-electron chi connectivity index (χ3n) is 2.76. The highest BCUT2D eigenvalue weighted by atomic mass is 35.5. The van der Waals surface area contributed by atoms with Gasteiger partial charge in [-0.3, -0.25) is 0 Å². The Morgan fingerprint density at radius 1 is 1.19 bits per heavy atom. The van der Waals surface area contributed by atoms with E-state index in [0.717, 1.165) is 11.3 Å². The molecule has 0 aliphatic rings. The molecular formula is C17H14ClFO2. The third-order valence-corrected chi connectivity index (χ3v) is 2.90. The molecule has 0 heterocycles. The molecule has 0 unspecified atom stereocenters. The van der Waals surface area contributed by atoms with E-state index in [1.54, 1.807) is 13.2 Å². The molecule has 0 aliphatic carbocycles. The van der Waals surface area contributed by atoms with Gasteiger partial charge in [-0.2, -0.15) is 0 Å². The van der Waals surface area contributed by atoms with Crippen molar-refractivity contribution in [3.63, 3.8) is 0 Å². The Kier molecular flexibility index (Phi) is 5.48. The van der Waals surface area contributed by atoms with Crippen molar-refractivity contribution >= 4 is 11.6 Å². The van der Waals surface area contributed by atoms with E-state index in [2.05, 4.69) is 11.8 Å². The van der Waals surface area contributed by atoms with Gasteiger partial charge in [0.25, 0.3) is 0 Å². The van der Waals surface area contributed by atoms with Crippen molar-refractivity contribution in [2.75, 3.05) is 13.0 Å². The average molecular weight is 305 g/mol. The second kappa shape index (κ2) is 7.56. The molecule has 0 amide bonds. The minimum absolute atomic E-state index is 0.215. The van der Waals surface area contributed by atoms with Crippen LogP contribution in [0.1, 0.15) is 11.1 Å². The van der Waals surface area contributed by atoms with Crippen LogP contribution in [0.2, 0.25) is 0 Å². The fraction of sp³-hybridized carbons (Fsp3) is 0.176. The first kappa shape index (κ1) is 15.2. The number of rotatable bonds is 4. The van der Waals surface area contributed by atoms with Gasteiger partial charge in [0.05, 0.1) is 18.6 Å². The van der Waals surface area contributed by atoms with E-state index in [9.17, 15) is 4.39 Å². The molecule has 2 aromatic carbocycles. The summed E-state index contributed by atoms with van der Waals surface area (Å²) >= 11 is 5.54. The van der Waals surface area contributed by atoms with Crippen molar-refractivity contribution in [3.05, 3.63) is 59.4 Å². The van der Waals surface area contributed by atoms with E-state index in [1.807, 2.05) is 24.3 Å². The van der Waals surface area contributed by atoms with Gasteiger partial charge >= 0.3 is 0 Å². The molecule has 108 valence electrons. The van der Waals surface area contributed by atoms with E-state index in [1.165, 1.54) is 12.1 Å². The summed E-state index contributed by atoms with van der Waals surface area (Å²) < 4.78 is 24.1. The van der Waals surface area contributed by atoms with Crippen LogP contribution in [0, 0.1) is 17.7 Å². The largest absolute Gasteiger partial charge is 0.497 e.